The largest absolute Gasteiger partial charge is 0.507 e. The van der Waals surface area contributed by atoms with Gasteiger partial charge < -0.3 is 29.0 Å². The number of phenols is 1. The van der Waals surface area contributed by atoms with Gasteiger partial charge in [0.2, 0.25) is 0 Å². The van der Waals surface area contributed by atoms with E-state index in [-0.39, 0.29) is 29.4 Å². The number of benzene rings is 2. The highest BCUT2D eigenvalue weighted by Crippen LogP contribution is 2.42. The van der Waals surface area contributed by atoms with Gasteiger partial charge in [0.25, 0.3) is 11.7 Å². The number of amides is 1. The number of ketones is 1. The highest BCUT2D eigenvalue weighted by Gasteiger charge is 2.46. The lowest BCUT2D eigenvalue weighted by atomic mass is 9.95. The Labute approximate surface area is 196 Å². The lowest BCUT2D eigenvalue weighted by molar-refractivity contribution is -0.140. The number of aromatic hydroxyl groups is 1. The SMILES string of the molecule is CCCOc1cccc(C(O)=C2C(=O)C(=O)N(Cc3ccco3)C2c2ccc(O)c(OC)c2)c1. The van der Waals surface area contributed by atoms with Crippen molar-refractivity contribution in [3.8, 4) is 17.2 Å². The molecule has 0 aliphatic carbocycles. The van der Waals surface area contributed by atoms with Crippen molar-refractivity contribution in [1.82, 2.24) is 4.90 Å². The fourth-order valence-electron chi connectivity index (χ4n) is 3.93. The third-order valence-electron chi connectivity index (χ3n) is 5.55. The maximum Gasteiger partial charge on any atom is 0.296 e. The molecule has 4 rings (SSSR count). The molecule has 0 bridgehead atoms. The first-order valence-electron chi connectivity index (χ1n) is 10.9. The van der Waals surface area contributed by atoms with Gasteiger partial charge >= 0.3 is 0 Å². The third-order valence-corrected chi connectivity index (χ3v) is 5.55. The lowest BCUT2D eigenvalue weighted by Gasteiger charge is -2.25. The molecule has 0 saturated carbocycles. The number of furan rings is 1. The number of carbonyl (C=O) groups is 2. The molecule has 34 heavy (non-hydrogen) atoms. The summed E-state index contributed by atoms with van der Waals surface area (Å²) in [5, 5.41) is 21.3. The number of ether oxygens (including phenoxy) is 2. The zero-order valence-electron chi connectivity index (χ0n) is 18.9. The summed E-state index contributed by atoms with van der Waals surface area (Å²) < 4.78 is 16.3. The molecule has 0 spiro atoms. The summed E-state index contributed by atoms with van der Waals surface area (Å²) in [6, 6.07) is 13.7. The Balaban J connectivity index is 1.85. The van der Waals surface area contributed by atoms with Crippen molar-refractivity contribution in [2.75, 3.05) is 13.7 Å². The van der Waals surface area contributed by atoms with Crippen molar-refractivity contribution in [2.24, 2.45) is 0 Å². The molecule has 176 valence electrons. The van der Waals surface area contributed by atoms with Crippen molar-refractivity contribution in [1.29, 1.82) is 0 Å². The predicted octanol–water partition coefficient (Wildman–Crippen LogP) is 4.40. The summed E-state index contributed by atoms with van der Waals surface area (Å²) in [6.45, 7) is 2.50. The van der Waals surface area contributed by atoms with Crippen molar-refractivity contribution in [3.05, 3.63) is 83.3 Å². The van der Waals surface area contributed by atoms with Crippen LogP contribution in [0.25, 0.3) is 5.76 Å². The van der Waals surface area contributed by atoms with Crippen LogP contribution in [-0.2, 0) is 16.1 Å². The fourth-order valence-corrected chi connectivity index (χ4v) is 3.93. The fraction of sp³-hybridized carbons (Fsp3) is 0.231. The van der Waals surface area contributed by atoms with Crippen LogP contribution >= 0.6 is 0 Å². The minimum Gasteiger partial charge on any atom is -0.507 e. The Morgan fingerprint density at radius 2 is 1.94 bits per heavy atom. The summed E-state index contributed by atoms with van der Waals surface area (Å²) in [5.74, 6) is -0.800. The van der Waals surface area contributed by atoms with Crippen LogP contribution in [-0.4, -0.2) is 40.5 Å². The molecule has 1 aliphatic rings. The molecule has 2 heterocycles. The quantitative estimate of drug-likeness (QED) is 0.289. The van der Waals surface area contributed by atoms with Crippen molar-refractivity contribution in [2.45, 2.75) is 25.9 Å². The molecule has 1 unspecified atom stereocenters. The minimum absolute atomic E-state index is 0.0157. The average Bonchev–Trinajstić information content (AvgIpc) is 3.45. The number of Topliss-reactive ketones (excluding diaryl/α,β-unsaturated/α-hetero) is 1. The number of nitrogens with zero attached hydrogens (tertiary/aromatic N) is 1. The number of aliphatic hydroxyl groups excluding tert-OH is 1. The Hall–Kier alpha value is -4.20. The van der Waals surface area contributed by atoms with E-state index in [1.165, 1.54) is 30.4 Å². The molecule has 8 heteroatoms. The number of aliphatic hydroxyl groups is 1. The van der Waals surface area contributed by atoms with Gasteiger partial charge in [-0.1, -0.05) is 25.1 Å². The maximum atomic E-state index is 13.2. The molecule has 1 fully saturated rings. The molecule has 2 N–H and O–H groups in total. The van der Waals surface area contributed by atoms with E-state index < -0.39 is 17.7 Å². The summed E-state index contributed by atoms with van der Waals surface area (Å²) in [6.07, 6.45) is 2.29. The predicted molar refractivity (Wildman–Crippen MR) is 123 cm³/mol. The zero-order chi connectivity index (χ0) is 24.2. The number of hydrogen-bond acceptors (Lipinski definition) is 7. The second-order valence-electron chi connectivity index (χ2n) is 7.81. The molecule has 2 aromatic carbocycles. The van der Waals surface area contributed by atoms with E-state index in [0.29, 0.717) is 29.2 Å². The number of likely N-dealkylation sites (tertiary alicyclic amines) is 1. The van der Waals surface area contributed by atoms with E-state index in [1.54, 1.807) is 42.5 Å². The van der Waals surface area contributed by atoms with Gasteiger partial charge in [0.05, 0.1) is 38.1 Å². The molecular weight excluding hydrogens is 438 g/mol. The first-order valence-corrected chi connectivity index (χ1v) is 10.9. The monoisotopic (exact) mass is 463 g/mol. The van der Waals surface area contributed by atoms with E-state index in [4.69, 9.17) is 13.9 Å². The average molecular weight is 463 g/mol. The van der Waals surface area contributed by atoms with Crippen LogP contribution in [0.4, 0.5) is 0 Å². The van der Waals surface area contributed by atoms with Gasteiger partial charge in [-0.15, -0.1) is 0 Å². The van der Waals surface area contributed by atoms with Crippen LogP contribution in [0.3, 0.4) is 0 Å². The molecule has 3 aromatic rings. The van der Waals surface area contributed by atoms with E-state index in [9.17, 15) is 19.8 Å². The summed E-state index contributed by atoms with van der Waals surface area (Å²) in [4.78, 5) is 27.6. The number of rotatable bonds is 8. The molecule has 1 aromatic heterocycles. The standard InChI is InChI=1S/C26H25NO7/c1-3-11-33-18-7-4-6-17(13-18)24(29)22-23(16-9-10-20(28)21(14-16)32-2)27(26(31)25(22)30)15-19-8-5-12-34-19/h4-10,12-14,23,28-29H,3,11,15H2,1-2H3. The van der Waals surface area contributed by atoms with E-state index in [1.807, 2.05) is 6.92 Å². The first-order chi connectivity index (χ1) is 16.4. The number of carbonyl (C=O) groups excluding carboxylic acids is 2. The molecule has 1 aliphatic heterocycles. The highest BCUT2D eigenvalue weighted by molar-refractivity contribution is 6.46. The Morgan fingerprint density at radius 1 is 1.12 bits per heavy atom. The van der Waals surface area contributed by atoms with Crippen LogP contribution in [0.15, 0.2) is 70.9 Å². The maximum absolute atomic E-state index is 13.2. The lowest BCUT2D eigenvalue weighted by Crippen LogP contribution is -2.29. The molecule has 1 amide bonds. The normalized spacial score (nSPS) is 17.2. The first kappa shape index (κ1) is 23.0. The summed E-state index contributed by atoms with van der Waals surface area (Å²) >= 11 is 0. The third kappa shape index (κ3) is 4.34. The Kier molecular flexibility index (Phi) is 6.58. The second-order valence-corrected chi connectivity index (χ2v) is 7.81. The van der Waals surface area contributed by atoms with Crippen LogP contribution in [0.2, 0.25) is 0 Å². The van der Waals surface area contributed by atoms with Crippen molar-refractivity contribution >= 4 is 17.4 Å². The van der Waals surface area contributed by atoms with Crippen LogP contribution in [0.1, 0.15) is 36.3 Å². The Morgan fingerprint density at radius 3 is 2.65 bits per heavy atom. The van der Waals surface area contributed by atoms with Gasteiger partial charge in [-0.2, -0.15) is 0 Å². The van der Waals surface area contributed by atoms with Gasteiger partial charge in [0.15, 0.2) is 11.5 Å². The van der Waals surface area contributed by atoms with Crippen LogP contribution in [0.5, 0.6) is 17.2 Å². The Bertz CT molecular complexity index is 1230. The van der Waals surface area contributed by atoms with Gasteiger partial charge in [0.1, 0.15) is 17.3 Å². The minimum atomic E-state index is -0.931. The molecule has 8 nitrogen and oxygen atoms in total. The second kappa shape index (κ2) is 9.74. The summed E-state index contributed by atoms with van der Waals surface area (Å²) in [7, 11) is 1.40. The van der Waals surface area contributed by atoms with E-state index in [2.05, 4.69) is 0 Å². The highest BCUT2D eigenvalue weighted by atomic mass is 16.5. The number of methoxy groups -OCH3 is 1. The molecule has 0 radical (unpaired) electrons. The number of hydrogen-bond donors (Lipinski definition) is 2. The smallest absolute Gasteiger partial charge is 0.296 e. The topological polar surface area (TPSA) is 109 Å². The molecule has 1 saturated heterocycles. The van der Waals surface area contributed by atoms with E-state index >= 15 is 0 Å². The van der Waals surface area contributed by atoms with Gasteiger partial charge in [-0.3, -0.25) is 9.59 Å². The zero-order valence-corrected chi connectivity index (χ0v) is 18.9. The molecule has 1 atom stereocenters. The summed E-state index contributed by atoms with van der Waals surface area (Å²) in [5.41, 5.74) is 0.762. The van der Waals surface area contributed by atoms with Crippen molar-refractivity contribution < 1.29 is 33.7 Å². The van der Waals surface area contributed by atoms with Crippen LogP contribution < -0.4 is 9.47 Å². The van der Waals surface area contributed by atoms with Crippen molar-refractivity contribution in [3.63, 3.8) is 0 Å². The van der Waals surface area contributed by atoms with Gasteiger partial charge in [-0.05, 0) is 48.4 Å². The van der Waals surface area contributed by atoms with Gasteiger partial charge in [-0.25, -0.2) is 0 Å². The molecular formula is C26H25NO7. The van der Waals surface area contributed by atoms with Gasteiger partial charge in [0, 0.05) is 5.56 Å². The van der Waals surface area contributed by atoms with Crippen LogP contribution in [0, 0.1) is 0 Å². The van der Waals surface area contributed by atoms with E-state index in [0.717, 1.165) is 6.42 Å². The number of phenolic OH excluding ortho intramolecular Hbond substituents is 1.